The highest BCUT2D eigenvalue weighted by Crippen LogP contribution is 2.36. The quantitative estimate of drug-likeness (QED) is 0.0482. The van der Waals surface area contributed by atoms with Crippen molar-refractivity contribution >= 4 is 46.4 Å². The molecule has 3 N–H and O–H groups in total. The second-order valence-corrected chi connectivity index (χ2v) is 15.2. The number of amides is 3. The van der Waals surface area contributed by atoms with Crippen LogP contribution in [0.2, 0.25) is 0 Å². The fourth-order valence-electron chi connectivity index (χ4n) is 7.78. The molecule has 2 aliphatic rings. The van der Waals surface area contributed by atoms with Crippen LogP contribution in [0.25, 0.3) is 33.2 Å². The number of ether oxygens (including phenoxy) is 2. The number of H-pyrrole nitrogens is 2. The van der Waals surface area contributed by atoms with Crippen molar-refractivity contribution in [2.24, 2.45) is 16.8 Å². The molecule has 5 aromatic rings. The van der Waals surface area contributed by atoms with Gasteiger partial charge in [-0.1, -0.05) is 45.9 Å². The summed E-state index contributed by atoms with van der Waals surface area (Å²) in [6.45, 7) is 8.94. The highest BCUT2D eigenvalue weighted by molar-refractivity contribution is 5.87. The standard InChI is InChI=1S/C42H50N8O7/c1-24(2)36(43-23-56-55-6)40(51)49-19-7-9-34(49)39-45-31-18-16-29(22-33(31)47-39)57-28-14-11-26(12-15-28)27-13-17-30-32(21-27)46-38(44-30)35-10-8-20-50(35)41(52)37(25(3)4)48-42(53)54-5/h11-18,21-25,34-37H,7-10,19-20H2,1-6H3,(H,44,46)(H,45,47)(H,48,53)/b43-23-/t34-,35-,36-,37-/m0/s1. The lowest BCUT2D eigenvalue weighted by Gasteiger charge is -2.29. The molecule has 4 atom stereocenters. The zero-order valence-electron chi connectivity index (χ0n) is 33.2. The number of hydrogen-bond donors (Lipinski definition) is 3. The monoisotopic (exact) mass is 778 g/mol. The molecule has 0 bridgehead atoms. The minimum absolute atomic E-state index is 0.0235. The van der Waals surface area contributed by atoms with Crippen LogP contribution in [0.3, 0.4) is 0 Å². The molecule has 0 saturated carbocycles. The van der Waals surface area contributed by atoms with E-state index in [0.29, 0.717) is 24.6 Å². The fourth-order valence-corrected chi connectivity index (χ4v) is 7.78. The van der Waals surface area contributed by atoms with E-state index in [9.17, 15) is 14.4 Å². The number of aromatic amines is 2. The van der Waals surface area contributed by atoms with Gasteiger partial charge in [0.25, 0.3) is 0 Å². The van der Waals surface area contributed by atoms with E-state index in [1.807, 2.05) is 98.2 Å². The molecule has 3 amide bonds. The van der Waals surface area contributed by atoms with E-state index in [4.69, 9.17) is 24.3 Å². The first kappa shape index (κ1) is 39.3. The SMILES string of the molecule is COO/C=N\[C@H](C(=O)N1CCC[C@H]1c1nc2ccc(Oc3ccc(-c4ccc5[nH]c([C@@H]6CCCN6C(=O)[C@@H](NC(=O)OC)C(C)C)nc5c4)cc3)cc2[nH]1)C(C)C. The van der Waals surface area contributed by atoms with Crippen LogP contribution in [-0.2, 0) is 24.1 Å². The highest BCUT2D eigenvalue weighted by atomic mass is 17.2. The lowest BCUT2D eigenvalue weighted by atomic mass is 10.0. The number of nitrogens with zero attached hydrogens (tertiary/aromatic N) is 5. The number of aliphatic imine (C=N–C) groups is 1. The van der Waals surface area contributed by atoms with E-state index in [1.165, 1.54) is 20.6 Å². The number of imidazole rings is 2. The molecule has 0 spiro atoms. The van der Waals surface area contributed by atoms with Gasteiger partial charge in [-0.25, -0.2) is 19.8 Å². The second kappa shape index (κ2) is 17.0. The van der Waals surface area contributed by atoms with E-state index in [1.54, 1.807) is 0 Å². The van der Waals surface area contributed by atoms with Crippen LogP contribution in [0, 0.1) is 11.8 Å². The van der Waals surface area contributed by atoms with Crippen molar-refractivity contribution in [2.75, 3.05) is 27.3 Å². The molecule has 0 radical (unpaired) electrons. The van der Waals surface area contributed by atoms with Crippen LogP contribution in [-0.4, -0.2) is 93.4 Å². The third-order valence-corrected chi connectivity index (χ3v) is 10.7. The van der Waals surface area contributed by atoms with Gasteiger partial charge in [-0.2, -0.15) is 4.89 Å². The number of alkyl carbamates (subject to hydrolysis) is 1. The fraction of sp³-hybridized carbons (Fsp3) is 0.429. The Morgan fingerprint density at radius 2 is 1.40 bits per heavy atom. The number of fused-ring (bicyclic) bond motifs is 2. The summed E-state index contributed by atoms with van der Waals surface area (Å²) in [7, 11) is 2.68. The number of carbonyl (C=O) groups is 3. The van der Waals surface area contributed by atoms with Crippen LogP contribution in [0.5, 0.6) is 11.5 Å². The first-order valence-corrected chi connectivity index (χ1v) is 19.5. The Morgan fingerprint density at radius 1 is 0.772 bits per heavy atom. The zero-order chi connectivity index (χ0) is 40.2. The van der Waals surface area contributed by atoms with Crippen molar-refractivity contribution in [3.05, 3.63) is 72.3 Å². The predicted octanol–water partition coefficient (Wildman–Crippen LogP) is 7.24. The average Bonchev–Trinajstić information content (AvgIpc) is 4.03. The summed E-state index contributed by atoms with van der Waals surface area (Å²) in [5, 5.41) is 2.70. The van der Waals surface area contributed by atoms with Crippen LogP contribution >= 0.6 is 0 Å². The second-order valence-electron chi connectivity index (χ2n) is 15.2. The summed E-state index contributed by atoms with van der Waals surface area (Å²) in [6.07, 6.45) is 3.84. The normalized spacial score (nSPS) is 18.2. The molecular weight excluding hydrogens is 729 g/mol. The van der Waals surface area contributed by atoms with Gasteiger partial charge in [0.05, 0.1) is 48.4 Å². The van der Waals surface area contributed by atoms with E-state index in [2.05, 4.69) is 25.2 Å². The average molecular weight is 779 g/mol. The van der Waals surface area contributed by atoms with Gasteiger partial charge in [0.15, 0.2) is 0 Å². The van der Waals surface area contributed by atoms with Crippen molar-refractivity contribution in [2.45, 2.75) is 77.5 Å². The van der Waals surface area contributed by atoms with Crippen molar-refractivity contribution in [1.82, 2.24) is 35.1 Å². The first-order valence-electron chi connectivity index (χ1n) is 19.5. The van der Waals surface area contributed by atoms with E-state index in [-0.39, 0.29) is 35.7 Å². The highest BCUT2D eigenvalue weighted by Gasteiger charge is 2.38. The molecule has 300 valence electrons. The van der Waals surface area contributed by atoms with Gasteiger partial charge in [0, 0.05) is 19.2 Å². The molecule has 2 fully saturated rings. The van der Waals surface area contributed by atoms with Crippen molar-refractivity contribution in [1.29, 1.82) is 0 Å². The molecule has 0 aliphatic carbocycles. The number of aromatic nitrogens is 4. The van der Waals surface area contributed by atoms with Gasteiger partial charge in [0.1, 0.15) is 35.2 Å². The summed E-state index contributed by atoms with van der Waals surface area (Å²) in [5.41, 5.74) is 5.29. The molecule has 3 aromatic carbocycles. The summed E-state index contributed by atoms with van der Waals surface area (Å²) >= 11 is 0. The van der Waals surface area contributed by atoms with Crippen LogP contribution in [0.15, 0.2) is 65.7 Å². The maximum absolute atomic E-state index is 13.6. The predicted molar refractivity (Wildman–Crippen MR) is 214 cm³/mol. The third kappa shape index (κ3) is 8.43. The Bertz CT molecular complexity index is 2250. The lowest BCUT2D eigenvalue weighted by molar-refractivity contribution is -0.188. The molecular formula is C42H50N8O7. The molecule has 15 heteroatoms. The molecule has 7 rings (SSSR count). The van der Waals surface area contributed by atoms with Crippen molar-refractivity contribution in [3.8, 4) is 22.6 Å². The maximum atomic E-state index is 13.6. The van der Waals surface area contributed by atoms with E-state index in [0.717, 1.165) is 70.5 Å². The number of hydrogen-bond acceptors (Lipinski definition) is 10. The number of rotatable bonds is 13. The Labute approximate surface area is 331 Å². The number of nitrogens with one attached hydrogen (secondary N) is 3. The van der Waals surface area contributed by atoms with E-state index < -0.39 is 18.2 Å². The molecule has 2 saturated heterocycles. The Morgan fingerprint density at radius 3 is 2.05 bits per heavy atom. The molecule has 15 nitrogen and oxygen atoms in total. The van der Waals surface area contributed by atoms with E-state index >= 15 is 0 Å². The molecule has 0 unspecified atom stereocenters. The summed E-state index contributed by atoms with van der Waals surface area (Å²) < 4.78 is 11.0. The van der Waals surface area contributed by atoms with Crippen molar-refractivity contribution in [3.63, 3.8) is 0 Å². The smallest absolute Gasteiger partial charge is 0.407 e. The molecule has 2 aliphatic heterocycles. The van der Waals surface area contributed by atoms with Gasteiger partial charge in [0.2, 0.25) is 18.2 Å². The minimum atomic E-state index is -0.693. The van der Waals surface area contributed by atoms with Crippen LogP contribution in [0.1, 0.15) is 77.1 Å². The molecule has 2 aromatic heterocycles. The van der Waals surface area contributed by atoms with Crippen LogP contribution < -0.4 is 10.1 Å². The molecule has 57 heavy (non-hydrogen) atoms. The van der Waals surface area contributed by atoms with Gasteiger partial charge < -0.3 is 39.4 Å². The maximum Gasteiger partial charge on any atom is 0.407 e. The zero-order valence-corrected chi connectivity index (χ0v) is 33.2. The largest absolute Gasteiger partial charge is 0.457 e. The first-order chi connectivity index (χ1) is 27.5. The molecule has 4 heterocycles. The number of benzene rings is 3. The van der Waals surface area contributed by atoms with Gasteiger partial charge in [-0.15, -0.1) is 0 Å². The summed E-state index contributed by atoms with van der Waals surface area (Å²) in [4.78, 5) is 73.2. The minimum Gasteiger partial charge on any atom is -0.457 e. The lowest BCUT2D eigenvalue weighted by Crippen LogP contribution is -2.51. The Balaban J connectivity index is 1.02. The number of methoxy groups -OCH3 is 1. The number of likely N-dealkylation sites (tertiary alicyclic amines) is 2. The van der Waals surface area contributed by atoms with Crippen molar-refractivity contribution < 1.29 is 33.6 Å². The summed E-state index contributed by atoms with van der Waals surface area (Å²) in [5.74, 6) is 2.46. The topological polar surface area (TPSA) is 176 Å². The van der Waals surface area contributed by atoms with Gasteiger partial charge in [-0.05, 0) is 85.0 Å². The Kier molecular flexibility index (Phi) is 11.7. The van der Waals surface area contributed by atoms with Crippen LogP contribution in [0.4, 0.5) is 4.79 Å². The Hall–Kier alpha value is -5.96. The third-order valence-electron chi connectivity index (χ3n) is 10.7. The van der Waals surface area contributed by atoms with Gasteiger partial charge in [-0.3, -0.25) is 9.59 Å². The van der Waals surface area contributed by atoms with Gasteiger partial charge >= 0.3 is 6.09 Å². The number of carbonyl (C=O) groups excluding carboxylic acids is 3. The summed E-state index contributed by atoms with van der Waals surface area (Å²) in [6, 6.07) is 18.0.